The number of hydrogen-bond acceptors (Lipinski definition) is 6. The number of carbonyl (C=O) groups is 1. The van der Waals surface area contributed by atoms with E-state index >= 15 is 0 Å². The molecule has 1 amide bonds. The molecule has 3 aromatic rings. The van der Waals surface area contributed by atoms with E-state index in [4.69, 9.17) is 11.6 Å². The Hall–Kier alpha value is -2.45. The summed E-state index contributed by atoms with van der Waals surface area (Å²) < 4.78 is 0. The van der Waals surface area contributed by atoms with E-state index < -0.39 is 0 Å². The van der Waals surface area contributed by atoms with Crippen LogP contribution in [0.5, 0.6) is 0 Å². The molecule has 0 spiro atoms. The van der Waals surface area contributed by atoms with Gasteiger partial charge in [-0.15, -0.1) is 0 Å². The van der Waals surface area contributed by atoms with E-state index in [0.29, 0.717) is 15.7 Å². The van der Waals surface area contributed by atoms with Crippen LogP contribution >= 0.6 is 23.4 Å². The van der Waals surface area contributed by atoms with Crippen molar-refractivity contribution in [2.45, 2.75) is 5.03 Å². The maximum atomic E-state index is 11.8. The predicted molar refractivity (Wildman–Crippen MR) is 89.6 cm³/mol. The van der Waals surface area contributed by atoms with Crippen LogP contribution in [0.2, 0.25) is 5.02 Å². The van der Waals surface area contributed by atoms with Crippen molar-refractivity contribution in [1.82, 2.24) is 25.4 Å². The van der Waals surface area contributed by atoms with Gasteiger partial charge in [-0.25, -0.2) is 20.4 Å². The van der Waals surface area contributed by atoms with Crippen molar-refractivity contribution in [2.24, 2.45) is 5.10 Å². The average molecular weight is 347 g/mol. The minimum Gasteiger partial charge on any atom is -0.341 e. The van der Waals surface area contributed by atoms with Crippen molar-refractivity contribution in [3.8, 4) is 0 Å². The molecule has 3 rings (SSSR count). The highest BCUT2D eigenvalue weighted by molar-refractivity contribution is 8.00. The summed E-state index contributed by atoms with van der Waals surface area (Å²) in [6, 6.07) is 7.13. The molecule has 7 nitrogen and oxygen atoms in total. The number of nitrogens with one attached hydrogen (secondary N) is 2. The van der Waals surface area contributed by atoms with Crippen LogP contribution in [0.25, 0.3) is 11.2 Å². The van der Waals surface area contributed by atoms with E-state index in [1.165, 1.54) is 18.1 Å². The Morgan fingerprint density at radius 2 is 2.13 bits per heavy atom. The Bertz CT molecular complexity index is 848. The van der Waals surface area contributed by atoms with Crippen molar-refractivity contribution in [3.63, 3.8) is 0 Å². The molecular weight excluding hydrogens is 336 g/mol. The van der Waals surface area contributed by atoms with E-state index in [2.05, 4.69) is 30.5 Å². The van der Waals surface area contributed by atoms with Gasteiger partial charge in [-0.2, -0.15) is 5.10 Å². The van der Waals surface area contributed by atoms with Gasteiger partial charge in [0.05, 0.1) is 18.3 Å². The van der Waals surface area contributed by atoms with Crippen LogP contribution in [0.3, 0.4) is 0 Å². The van der Waals surface area contributed by atoms with Crippen LogP contribution in [-0.4, -0.2) is 37.8 Å². The maximum Gasteiger partial charge on any atom is 0.250 e. The Morgan fingerprint density at radius 1 is 1.30 bits per heavy atom. The Kier molecular flexibility index (Phi) is 4.84. The fourth-order valence-corrected chi connectivity index (χ4v) is 2.62. The van der Waals surface area contributed by atoms with Crippen LogP contribution in [0.4, 0.5) is 0 Å². The number of carbonyl (C=O) groups excluding carboxylic acids is 1. The second-order valence-electron chi connectivity index (χ2n) is 4.41. The van der Waals surface area contributed by atoms with Crippen molar-refractivity contribution in [3.05, 3.63) is 47.5 Å². The number of thioether (sulfide) groups is 1. The number of hydrogen-bond donors (Lipinski definition) is 2. The fourth-order valence-electron chi connectivity index (χ4n) is 1.75. The van der Waals surface area contributed by atoms with Crippen molar-refractivity contribution in [1.29, 1.82) is 0 Å². The maximum absolute atomic E-state index is 11.8. The Morgan fingerprint density at radius 3 is 2.96 bits per heavy atom. The summed E-state index contributed by atoms with van der Waals surface area (Å²) >= 11 is 7.08. The van der Waals surface area contributed by atoms with Crippen LogP contribution < -0.4 is 5.43 Å². The zero-order chi connectivity index (χ0) is 16.1. The lowest BCUT2D eigenvalue weighted by Crippen LogP contribution is -2.19. The van der Waals surface area contributed by atoms with Gasteiger partial charge >= 0.3 is 0 Å². The van der Waals surface area contributed by atoms with Gasteiger partial charge in [-0.05, 0) is 17.7 Å². The van der Waals surface area contributed by atoms with E-state index in [1.54, 1.807) is 24.7 Å². The molecule has 9 heteroatoms. The lowest BCUT2D eigenvalue weighted by atomic mass is 10.2. The zero-order valence-corrected chi connectivity index (χ0v) is 13.3. The molecule has 0 fully saturated rings. The number of halogens is 1. The highest BCUT2D eigenvalue weighted by Gasteiger charge is 2.08. The number of aromatic nitrogens is 4. The van der Waals surface area contributed by atoms with Gasteiger partial charge in [0.1, 0.15) is 16.9 Å². The zero-order valence-electron chi connectivity index (χ0n) is 11.7. The number of H-pyrrole nitrogens is 1. The minimum absolute atomic E-state index is 0.184. The third-order valence-electron chi connectivity index (χ3n) is 2.80. The summed E-state index contributed by atoms with van der Waals surface area (Å²) in [6.07, 6.45) is 4.51. The first-order valence-electron chi connectivity index (χ1n) is 6.57. The lowest BCUT2D eigenvalue weighted by molar-refractivity contribution is -0.118. The molecule has 23 heavy (non-hydrogen) atoms. The van der Waals surface area contributed by atoms with Gasteiger partial charge < -0.3 is 4.98 Å². The van der Waals surface area contributed by atoms with Crippen molar-refractivity contribution < 1.29 is 4.79 Å². The molecular formula is C14H11ClN6OS. The van der Waals surface area contributed by atoms with E-state index in [1.807, 2.05) is 12.1 Å². The molecule has 2 aromatic heterocycles. The summed E-state index contributed by atoms with van der Waals surface area (Å²) in [6.45, 7) is 0. The molecule has 2 N–H and O–H groups in total. The SMILES string of the molecule is O=C(CSc1ncnc2nc[nH]c12)N/N=C/c1ccc(Cl)cc1. The van der Waals surface area contributed by atoms with Crippen molar-refractivity contribution in [2.75, 3.05) is 5.75 Å². The molecule has 0 unspecified atom stereocenters. The summed E-state index contributed by atoms with van der Waals surface area (Å²) in [4.78, 5) is 26.9. The van der Waals surface area contributed by atoms with Gasteiger partial charge in [0, 0.05) is 5.02 Å². The first-order chi connectivity index (χ1) is 11.2. The smallest absolute Gasteiger partial charge is 0.250 e. The Balaban J connectivity index is 1.53. The molecule has 0 aliphatic rings. The first-order valence-corrected chi connectivity index (χ1v) is 7.93. The van der Waals surface area contributed by atoms with E-state index in [0.717, 1.165) is 11.1 Å². The fraction of sp³-hybridized carbons (Fsp3) is 0.0714. The number of amides is 1. The summed E-state index contributed by atoms with van der Waals surface area (Å²) in [5.74, 6) is -0.0465. The number of fused-ring (bicyclic) bond motifs is 1. The molecule has 0 saturated carbocycles. The monoisotopic (exact) mass is 346 g/mol. The molecule has 0 bridgehead atoms. The number of hydrazone groups is 1. The third kappa shape index (κ3) is 4.05. The van der Waals surface area contributed by atoms with Gasteiger partial charge in [0.2, 0.25) is 5.91 Å². The second kappa shape index (κ2) is 7.21. The lowest BCUT2D eigenvalue weighted by Gasteiger charge is -2.01. The molecule has 1 aromatic carbocycles. The number of aromatic amines is 1. The first kappa shape index (κ1) is 15.4. The number of imidazole rings is 1. The molecule has 0 radical (unpaired) electrons. The molecule has 0 saturated heterocycles. The highest BCUT2D eigenvalue weighted by Crippen LogP contribution is 2.21. The standard InChI is InChI=1S/C14H11ClN6OS/c15-10-3-1-9(2-4-10)5-20-21-11(22)6-23-14-12-13(17-7-16-12)18-8-19-14/h1-5,7-8H,6H2,(H,21,22)(H,16,17,18,19)/b20-5+. The number of nitrogens with zero attached hydrogens (tertiary/aromatic N) is 4. The predicted octanol–water partition coefficient (Wildman–Crippen LogP) is 2.25. The van der Waals surface area contributed by atoms with E-state index in [-0.39, 0.29) is 11.7 Å². The van der Waals surface area contributed by atoms with Crippen LogP contribution in [0, 0.1) is 0 Å². The second-order valence-corrected chi connectivity index (χ2v) is 5.81. The van der Waals surface area contributed by atoms with Gasteiger partial charge in [-0.1, -0.05) is 35.5 Å². The Labute approximate surface area is 140 Å². The molecule has 116 valence electrons. The topological polar surface area (TPSA) is 95.9 Å². The largest absolute Gasteiger partial charge is 0.341 e. The quantitative estimate of drug-likeness (QED) is 0.320. The third-order valence-corrected chi connectivity index (χ3v) is 4.04. The van der Waals surface area contributed by atoms with Gasteiger partial charge in [0.15, 0.2) is 5.65 Å². The van der Waals surface area contributed by atoms with Crippen molar-refractivity contribution >= 4 is 46.6 Å². The normalized spacial score (nSPS) is 11.2. The molecule has 0 aliphatic heterocycles. The average Bonchev–Trinajstić information content (AvgIpc) is 3.04. The van der Waals surface area contributed by atoms with E-state index in [9.17, 15) is 4.79 Å². The summed E-state index contributed by atoms with van der Waals surface area (Å²) in [5, 5.41) is 5.22. The summed E-state index contributed by atoms with van der Waals surface area (Å²) in [5.41, 5.74) is 4.60. The van der Waals surface area contributed by atoms with Gasteiger partial charge in [0.25, 0.3) is 0 Å². The molecule has 0 atom stereocenters. The van der Waals surface area contributed by atoms with Crippen LogP contribution in [-0.2, 0) is 4.79 Å². The van der Waals surface area contributed by atoms with Gasteiger partial charge in [-0.3, -0.25) is 4.79 Å². The highest BCUT2D eigenvalue weighted by atomic mass is 35.5. The van der Waals surface area contributed by atoms with Crippen LogP contribution in [0.15, 0.2) is 47.0 Å². The number of rotatable bonds is 5. The minimum atomic E-state index is -0.230. The number of benzene rings is 1. The molecule has 0 aliphatic carbocycles. The van der Waals surface area contributed by atoms with Crippen LogP contribution in [0.1, 0.15) is 5.56 Å². The summed E-state index contributed by atoms with van der Waals surface area (Å²) in [7, 11) is 0. The molecule has 2 heterocycles.